The molecule has 3 rings (SSSR count). The fourth-order valence-corrected chi connectivity index (χ4v) is 4.49. The first-order valence-electron chi connectivity index (χ1n) is 7.76. The van der Waals surface area contributed by atoms with Gasteiger partial charge in [0, 0.05) is 13.6 Å². The molecule has 0 unspecified atom stereocenters. The topological polar surface area (TPSA) is 72.4 Å². The highest BCUT2D eigenvalue weighted by atomic mass is 32.2. The first-order chi connectivity index (χ1) is 11.9. The largest absolute Gasteiger partial charge is 0.492 e. The summed E-state index contributed by atoms with van der Waals surface area (Å²) in [5, 5.41) is 0. The van der Waals surface area contributed by atoms with Gasteiger partial charge in [-0.3, -0.25) is 0 Å². The summed E-state index contributed by atoms with van der Waals surface area (Å²) in [5.74, 6) is 0.745. The summed E-state index contributed by atoms with van der Waals surface area (Å²) >= 11 is 1.01. The lowest BCUT2D eigenvalue weighted by Gasteiger charge is -2.18. The predicted molar refractivity (Wildman–Crippen MR) is 98.6 cm³/mol. The molecule has 0 atom stereocenters. The highest BCUT2D eigenvalue weighted by Gasteiger charge is 2.24. The minimum Gasteiger partial charge on any atom is -0.492 e. The maximum atomic E-state index is 12.8. The zero-order valence-corrected chi connectivity index (χ0v) is 15.9. The minimum atomic E-state index is -3.65. The van der Waals surface area contributed by atoms with Crippen molar-refractivity contribution in [2.45, 2.75) is 18.7 Å². The summed E-state index contributed by atoms with van der Waals surface area (Å²) in [4.78, 5) is 0.174. The van der Waals surface area contributed by atoms with Crippen LogP contribution >= 0.6 is 11.7 Å². The van der Waals surface area contributed by atoms with Gasteiger partial charge in [0.25, 0.3) is 0 Å². The molecule has 0 aliphatic carbocycles. The lowest BCUT2D eigenvalue weighted by atomic mass is 10.1. The second-order valence-electron chi connectivity index (χ2n) is 5.89. The van der Waals surface area contributed by atoms with Gasteiger partial charge >= 0.3 is 0 Å². The summed E-state index contributed by atoms with van der Waals surface area (Å²) < 4.78 is 40.8. The zero-order valence-electron chi connectivity index (χ0n) is 14.3. The normalized spacial score (nSPS) is 12.0. The van der Waals surface area contributed by atoms with Crippen molar-refractivity contribution in [3.05, 3.63) is 47.5 Å². The van der Waals surface area contributed by atoms with E-state index in [0.717, 1.165) is 28.6 Å². The first kappa shape index (κ1) is 17.8. The molecule has 6 nitrogen and oxygen atoms in total. The molecule has 132 valence electrons. The number of hydrogen-bond donors (Lipinski definition) is 0. The molecule has 0 amide bonds. The lowest BCUT2D eigenvalue weighted by Crippen LogP contribution is -2.31. The lowest BCUT2D eigenvalue weighted by molar-refractivity contribution is 0.286. The third kappa shape index (κ3) is 3.81. The molecule has 0 saturated heterocycles. The van der Waals surface area contributed by atoms with Crippen molar-refractivity contribution in [3.8, 4) is 5.75 Å². The second-order valence-corrected chi connectivity index (χ2v) is 8.43. The molecular formula is C17H19N3O3S2. The maximum absolute atomic E-state index is 12.8. The number of aryl methyl sites for hydroxylation is 2. The van der Waals surface area contributed by atoms with Crippen LogP contribution in [0.1, 0.15) is 11.1 Å². The molecule has 3 aromatic rings. The number of likely N-dealkylation sites (N-methyl/N-ethyl adjacent to an activating group) is 1. The second kappa shape index (κ2) is 7.07. The van der Waals surface area contributed by atoms with Gasteiger partial charge < -0.3 is 4.74 Å². The Balaban J connectivity index is 1.72. The molecule has 0 fully saturated rings. The fourth-order valence-electron chi connectivity index (χ4n) is 2.59. The third-order valence-electron chi connectivity index (χ3n) is 3.81. The van der Waals surface area contributed by atoms with E-state index in [1.54, 1.807) is 25.2 Å². The summed E-state index contributed by atoms with van der Waals surface area (Å²) in [6.45, 7) is 4.51. The van der Waals surface area contributed by atoms with Crippen LogP contribution in [0.5, 0.6) is 5.75 Å². The van der Waals surface area contributed by atoms with Gasteiger partial charge in [-0.25, -0.2) is 8.42 Å². The van der Waals surface area contributed by atoms with Crippen molar-refractivity contribution in [2.24, 2.45) is 0 Å². The predicted octanol–water partition coefficient (Wildman–Crippen LogP) is 3.01. The average Bonchev–Trinajstić information content (AvgIpc) is 3.02. The molecule has 0 saturated carbocycles. The van der Waals surface area contributed by atoms with Crippen LogP contribution in [0.3, 0.4) is 0 Å². The van der Waals surface area contributed by atoms with Crippen LogP contribution in [-0.2, 0) is 10.0 Å². The number of nitrogens with zero attached hydrogens (tertiary/aromatic N) is 3. The Morgan fingerprint density at radius 1 is 1.12 bits per heavy atom. The number of rotatable bonds is 6. The van der Waals surface area contributed by atoms with Crippen LogP contribution in [0.4, 0.5) is 0 Å². The van der Waals surface area contributed by atoms with Crippen LogP contribution in [-0.4, -0.2) is 41.7 Å². The number of ether oxygens (including phenoxy) is 1. The highest BCUT2D eigenvalue weighted by molar-refractivity contribution is 7.89. The molecule has 1 heterocycles. The van der Waals surface area contributed by atoms with Crippen molar-refractivity contribution in [3.63, 3.8) is 0 Å². The van der Waals surface area contributed by atoms with Crippen LogP contribution in [0.2, 0.25) is 0 Å². The Labute approximate surface area is 151 Å². The van der Waals surface area contributed by atoms with E-state index in [4.69, 9.17) is 4.74 Å². The maximum Gasteiger partial charge on any atom is 0.245 e. The Morgan fingerprint density at radius 3 is 2.56 bits per heavy atom. The quantitative estimate of drug-likeness (QED) is 0.660. The van der Waals surface area contributed by atoms with Gasteiger partial charge in [-0.15, -0.1) is 0 Å². The average molecular weight is 377 g/mol. The summed E-state index contributed by atoms with van der Waals surface area (Å²) in [6, 6.07) is 10.9. The van der Waals surface area contributed by atoms with Crippen LogP contribution in [0.25, 0.3) is 11.0 Å². The molecule has 0 bridgehead atoms. The number of hydrogen-bond acceptors (Lipinski definition) is 6. The third-order valence-corrected chi connectivity index (χ3v) is 6.24. The molecule has 0 radical (unpaired) electrons. The Hall–Kier alpha value is -2.03. The van der Waals surface area contributed by atoms with Gasteiger partial charge in [-0.1, -0.05) is 12.1 Å². The Morgan fingerprint density at radius 2 is 1.84 bits per heavy atom. The monoisotopic (exact) mass is 377 g/mol. The minimum absolute atomic E-state index is 0.174. The zero-order chi connectivity index (χ0) is 18.0. The standard InChI is InChI=1S/C17H19N3O3S2/c1-12-9-13(2)11-14(10-12)23-8-7-20(3)25(21,22)16-6-4-5-15-17(16)19-24-18-15/h4-6,9-11H,7-8H2,1-3H3. The van der Waals surface area contributed by atoms with E-state index in [9.17, 15) is 8.42 Å². The van der Waals surface area contributed by atoms with Crippen LogP contribution in [0.15, 0.2) is 41.3 Å². The summed E-state index contributed by atoms with van der Waals surface area (Å²) in [5.41, 5.74) is 3.22. The molecule has 0 spiro atoms. The van der Waals surface area contributed by atoms with E-state index in [2.05, 4.69) is 14.8 Å². The summed E-state index contributed by atoms with van der Waals surface area (Å²) in [6.07, 6.45) is 0. The van der Waals surface area contributed by atoms with E-state index in [1.165, 1.54) is 4.31 Å². The van der Waals surface area contributed by atoms with Gasteiger partial charge in [0.2, 0.25) is 10.0 Å². The molecular weight excluding hydrogens is 358 g/mol. The first-order valence-corrected chi connectivity index (χ1v) is 9.94. The molecule has 1 aromatic heterocycles. The summed E-state index contributed by atoms with van der Waals surface area (Å²) in [7, 11) is -2.11. The van der Waals surface area contributed by atoms with E-state index >= 15 is 0 Å². The van der Waals surface area contributed by atoms with E-state index in [0.29, 0.717) is 11.0 Å². The smallest absolute Gasteiger partial charge is 0.245 e. The van der Waals surface area contributed by atoms with Crippen molar-refractivity contribution in [2.75, 3.05) is 20.2 Å². The number of fused-ring (bicyclic) bond motifs is 1. The molecule has 0 aliphatic heterocycles. The van der Waals surface area contributed by atoms with Crippen molar-refractivity contribution >= 4 is 32.8 Å². The van der Waals surface area contributed by atoms with Crippen LogP contribution in [0, 0.1) is 13.8 Å². The van der Waals surface area contributed by atoms with Crippen molar-refractivity contribution in [1.82, 2.24) is 13.1 Å². The van der Waals surface area contributed by atoms with E-state index < -0.39 is 10.0 Å². The molecule has 0 aliphatic rings. The Kier molecular flexibility index (Phi) is 5.03. The fraction of sp³-hybridized carbons (Fsp3) is 0.294. The number of benzene rings is 2. The molecule has 0 N–H and O–H groups in total. The molecule has 8 heteroatoms. The van der Waals surface area contributed by atoms with Crippen LogP contribution < -0.4 is 4.74 Å². The van der Waals surface area contributed by atoms with Gasteiger partial charge in [-0.2, -0.15) is 13.1 Å². The van der Waals surface area contributed by atoms with Gasteiger partial charge in [0.05, 0.1) is 11.7 Å². The van der Waals surface area contributed by atoms with Crippen molar-refractivity contribution in [1.29, 1.82) is 0 Å². The number of aromatic nitrogens is 2. The number of sulfonamides is 1. The van der Waals surface area contributed by atoms with Crippen molar-refractivity contribution < 1.29 is 13.2 Å². The van der Waals surface area contributed by atoms with E-state index in [-0.39, 0.29) is 18.0 Å². The molecule has 2 aromatic carbocycles. The van der Waals surface area contributed by atoms with Gasteiger partial charge in [0.1, 0.15) is 28.3 Å². The molecule has 25 heavy (non-hydrogen) atoms. The van der Waals surface area contributed by atoms with E-state index in [1.807, 2.05) is 26.0 Å². The van der Waals surface area contributed by atoms with Gasteiger partial charge in [0.15, 0.2) is 0 Å². The van der Waals surface area contributed by atoms with Gasteiger partial charge in [-0.05, 0) is 49.2 Å². The SMILES string of the molecule is Cc1cc(C)cc(OCCN(C)S(=O)(=O)c2cccc3nsnc23)c1. The highest BCUT2D eigenvalue weighted by Crippen LogP contribution is 2.23. The Bertz CT molecular complexity index is 979.